The fourth-order valence-corrected chi connectivity index (χ4v) is 2.67. The van der Waals surface area contributed by atoms with E-state index in [1.807, 2.05) is 18.2 Å². The molecular weight excluding hydrogens is 312 g/mol. The van der Waals surface area contributed by atoms with Crippen molar-refractivity contribution in [3.8, 4) is 11.5 Å². The molecule has 1 unspecified atom stereocenters. The zero-order valence-electron chi connectivity index (χ0n) is 13.4. The predicted octanol–water partition coefficient (Wildman–Crippen LogP) is 1.82. The molecule has 1 aliphatic rings. The molecule has 0 aliphatic carbocycles. The molecule has 7 heteroatoms. The largest absolute Gasteiger partial charge is 0.496 e. The Morgan fingerprint density at radius 2 is 2.12 bits per heavy atom. The maximum absolute atomic E-state index is 11.5. The van der Waals surface area contributed by atoms with E-state index in [1.165, 1.54) is 7.11 Å². The molecule has 0 spiro atoms. The van der Waals surface area contributed by atoms with Crippen LogP contribution in [0, 0.1) is 0 Å². The average molecular weight is 330 g/mol. The van der Waals surface area contributed by atoms with Crippen LogP contribution < -0.4 is 20.5 Å². The Hall–Kier alpha value is -2.96. The van der Waals surface area contributed by atoms with E-state index in [4.69, 9.17) is 19.9 Å². The number of hydrogen-bond acceptors (Lipinski definition) is 5. The number of methoxy groups -OCH3 is 1. The van der Waals surface area contributed by atoms with Crippen LogP contribution in [0.4, 0.5) is 4.79 Å². The molecule has 3 rings (SSSR count). The number of nitrogens with two attached hydrogens (primary N) is 1. The van der Waals surface area contributed by atoms with Crippen molar-refractivity contribution < 1.29 is 23.8 Å². The summed E-state index contributed by atoms with van der Waals surface area (Å²) in [6, 6.07) is 8.66. The highest BCUT2D eigenvalue weighted by Crippen LogP contribution is 2.32. The fraction of sp³-hybridized carbons (Fsp3) is 0.294. The number of alkyl carbamates (subject to hydrolysis) is 1. The Balaban J connectivity index is 1.91. The molecule has 24 heavy (non-hydrogen) atoms. The summed E-state index contributed by atoms with van der Waals surface area (Å²) < 4.78 is 16.1. The van der Waals surface area contributed by atoms with E-state index in [0.717, 1.165) is 10.8 Å². The van der Waals surface area contributed by atoms with Crippen LogP contribution in [0.25, 0.3) is 10.8 Å². The maximum atomic E-state index is 11.5. The van der Waals surface area contributed by atoms with Crippen LogP contribution in [0.15, 0.2) is 30.3 Å². The Labute approximate surface area is 138 Å². The van der Waals surface area contributed by atoms with Crippen LogP contribution in [0.1, 0.15) is 17.3 Å². The number of rotatable bonds is 5. The van der Waals surface area contributed by atoms with Crippen molar-refractivity contribution in [3.05, 3.63) is 35.9 Å². The highest BCUT2D eigenvalue weighted by molar-refractivity contribution is 6.02. The third kappa shape index (κ3) is 2.92. The van der Waals surface area contributed by atoms with Crippen molar-refractivity contribution in [3.63, 3.8) is 0 Å². The topological polar surface area (TPSA) is 99.9 Å². The summed E-state index contributed by atoms with van der Waals surface area (Å²) in [6.45, 7) is 2.07. The number of hydrogen-bond donors (Lipinski definition) is 2. The summed E-state index contributed by atoms with van der Waals surface area (Å²) in [5.41, 5.74) is 5.70. The number of benzene rings is 2. The summed E-state index contributed by atoms with van der Waals surface area (Å²) in [7, 11) is 1.48. The molecule has 1 heterocycles. The smallest absolute Gasteiger partial charge is 0.407 e. The Morgan fingerprint density at radius 1 is 1.33 bits per heavy atom. The minimum absolute atomic E-state index is 0.223. The number of amides is 2. The summed E-state index contributed by atoms with van der Waals surface area (Å²) in [5, 5.41) is 4.29. The first-order chi connectivity index (χ1) is 11.5. The molecule has 0 radical (unpaired) electrons. The molecule has 126 valence electrons. The third-order valence-electron chi connectivity index (χ3n) is 4.01. The standard InChI is InChI=1S/C17H18N2O5/c1-9-13(19-17(21)24-9)8-23-14-5-3-4-10-6-12(16(18)20)15(22-2)7-11(10)14/h3-7,9,13H,8H2,1-2H3,(H2,18,20)(H,19,21)/t9?,13-/m1/s1. The lowest BCUT2D eigenvalue weighted by Gasteiger charge is -2.16. The van der Waals surface area contributed by atoms with E-state index < -0.39 is 12.0 Å². The number of cyclic esters (lactones) is 1. The zero-order chi connectivity index (χ0) is 17.3. The Morgan fingerprint density at radius 3 is 2.75 bits per heavy atom. The lowest BCUT2D eigenvalue weighted by Crippen LogP contribution is -2.35. The van der Waals surface area contributed by atoms with Crippen LogP contribution in [-0.2, 0) is 4.74 Å². The quantitative estimate of drug-likeness (QED) is 0.871. The molecule has 1 saturated heterocycles. The molecule has 2 aromatic carbocycles. The minimum atomic E-state index is -0.556. The maximum Gasteiger partial charge on any atom is 0.407 e. The van der Waals surface area contributed by atoms with Gasteiger partial charge in [0.2, 0.25) is 0 Å². The van der Waals surface area contributed by atoms with Crippen molar-refractivity contribution in [2.75, 3.05) is 13.7 Å². The van der Waals surface area contributed by atoms with Gasteiger partial charge >= 0.3 is 6.09 Å². The number of ether oxygens (including phenoxy) is 3. The van der Waals surface area contributed by atoms with Gasteiger partial charge in [-0.15, -0.1) is 0 Å². The van der Waals surface area contributed by atoms with Crippen LogP contribution in [0.3, 0.4) is 0 Å². The second-order valence-electron chi connectivity index (χ2n) is 5.57. The number of nitrogens with one attached hydrogen (secondary N) is 1. The van der Waals surface area contributed by atoms with Gasteiger partial charge < -0.3 is 25.3 Å². The monoisotopic (exact) mass is 330 g/mol. The second kappa shape index (κ2) is 6.27. The first-order valence-corrected chi connectivity index (χ1v) is 7.50. The van der Waals surface area contributed by atoms with Crippen molar-refractivity contribution in [2.24, 2.45) is 5.73 Å². The van der Waals surface area contributed by atoms with Crippen LogP contribution in [0.5, 0.6) is 11.5 Å². The van der Waals surface area contributed by atoms with Crippen molar-refractivity contribution in [1.82, 2.24) is 5.32 Å². The molecule has 1 fully saturated rings. The van der Waals surface area contributed by atoms with Crippen molar-refractivity contribution in [1.29, 1.82) is 0 Å². The first-order valence-electron chi connectivity index (χ1n) is 7.50. The van der Waals surface area contributed by atoms with Gasteiger partial charge in [0, 0.05) is 5.39 Å². The third-order valence-corrected chi connectivity index (χ3v) is 4.01. The van der Waals surface area contributed by atoms with Crippen LogP contribution >= 0.6 is 0 Å². The van der Waals surface area contributed by atoms with Gasteiger partial charge in [0.1, 0.15) is 30.3 Å². The summed E-state index contributed by atoms with van der Waals surface area (Å²) in [6.07, 6.45) is -0.703. The van der Waals surface area contributed by atoms with E-state index in [1.54, 1.807) is 19.1 Å². The van der Waals surface area contributed by atoms with Crippen molar-refractivity contribution >= 4 is 22.8 Å². The summed E-state index contributed by atoms with van der Waals surface area (Å²) >= 11 is 0. The highest BCUT2D eigenvalue weighted by atomic mass is 16.6. The predicted molar refractivity (Wildman–Crippen MR) is 87.4 cm³/mol. The fourth-order valence-electron chi connectivity index (χ4n) is 2.67. The number of carbonyl (C=O) groups excluding carboxylic acids is 2. The number of fused-ring (bicyclic) bond motifs is 1. The molecule has 7 nitrogen and oxygen atoms in total. The number of carbonyl (C=O) groups is 2. The summed E-state index contributed by atoms with van der Waals surface area (Å²) in [5.74, 6) is 0.451. The normalized spacial score (nSPS) is 19.7. The SMILES string of the molecule is COc1cc2c(OC[C@H]3NC(=O)OC3C)cccc2cc1C(N)=O. The van der Waals surface area contributed by atoms with Gasteiger partial charge in [-0.2, -0.15) is 0 Å². The van der Waals surface area contributed by atoms with Crippen LogP contribution in [-0.4, -0.2) is 37.9 Å². The molecular formula is C17H18N2O5. The Kier molecular flexibility index (Phi) is 4.16. The van der Waals surface area contributed by atoms with Gasteiger partial charge in [-0.05, 0) is 30.5 Å². The van der Waals surface area contributed by atoms with Crippen LogP contribution in [0.2, 0.25) is 0 Å². The van der Waals surface area contributed by atoms with Gasteiger partial charge in [0.25, 0.3) is 5.91 Å². The van der Waals surface area contributed by atoms with E-state index in [-0.39, 0.29) is 18.8 Å². The van der Waals surface area contributed by atoms with Gasteiger partial charge in [0.05, 0.1) is 12.7 Å². The molecule has 3 N–H and O–H groups in total. The molecule has 0 saturated carbocycles. The Bertz CT molecular complexity index is 805. The lowest BCUT2D eigenvalue weighted by molar-refractivity contribution is 0.0997. The first kappa shape index (κ1) is 15.9. The van der Waals surface area contributed by atoms with Gasteiger partial charge in [0.15, 0.2) is 0 Å². The molecule has 0 bridgehead atoms. The highest BCUT2D eigenvalue weighted by Gasteiger charge is 2.31. The molecule has 0 aromatic heterocycles. The summed E-state index contributed by atoms with van der Waals surface area (Å²) in [4.78, 5) is 22.8. The van der Waals surface area contributed by atoms with Gasteiger partial charge in [-0.25, -0.2) is 4.79 Å². The molecule has 1 aliphatic heterocycles. The van der Waals surface area contributed by atoms with Crippen molar-refractivity contribution in [2.45, 2.75) is 19.1 Å². The minimum Gasteiger partial charge on any atom is -0.496 e. The van der Waals surface area contributed by atoms with E-state index in [9.17, 15) is 9.59 Å². The number of primary amides is 1. The van der Waals surface area contributed by atoms with Gasteiger partial charge in [-0.1, -0.05) is 12.1 Å². The second-order valence-corrected chi connectivity index (χ2v) is 5.57. The van der Waals surface area contributed by atoms with E-state index in [2.05, 4.69) is 5.32 Å². The molecule has 2 amide bonds. The zero-order valence-corrected chi connectivity index (χ0v) is 13.4. The lowest BCUT2D eigenvalue weighted by atomic mass is 10.0. The molecule has 2 atom stereocenters. The van der Waals surface area contributed by atoms with E-state index in [0.29, 0.717) is 17.1 Å². The average Bonchev–Trinajstić information content (AvgIpc) is 2.88. The van der Waals surface area contributed by atoms with Gasteiger partial charge in [-0.3, -0.25) is 4.79 Å². The molecule has 2 aromatic rings. The van der Waals surface area contributed by atoms with E-state index >= 15 is 0 Å².